The van der Waals surface area contributed by atoms with Crippen LogP contribution in [-0.4, -0.2) is 40.0 Å². The van der Waals surface area contributed by atoms with Crippen LogP contribution in [0.1, 0.15) is 59.8 Å². The summed E-state index contributed by atoms with van der Waals surface area (Å²) in [6, 6.07) is 18.1. The fourth-order valence-electron chi connectivity index (χ4n) is 4.26. The largest absolute Gasteiger partial charge is 0.343 e. The lowest BCUT2D eigenvalue weighted by Gasteiger charge is -2.31. The average Bonchev–Trinajstić information content (AvgIpc) is 3.34. The van der Waals surface area contributed by atoms with Gasteiger partial charge in [0.1, 0.15) is 5.82 Å². The third kappa shape index (κ3) is 6.06. The molecule has 1 saturated heterocycles. The van der Waals surface area contributed by atoms with Crippen molar-refractivity contribution in [3.63, 3.8) is 0 Å². The monoisotopic (exact) mass is 448 g/mol. The molecule has 1 fully saturated rings. The van der Waals surface area contributed by atoms with Crippen molar-refractivity contribution in [3.05, 3.63) is 83.4 Å². The van der Waals surface area contributed by atoms with Gasteiger partial charge in [-0.2, -0.15) is 5.10 Å². The first-order valence-electron chi connectivity index (χ1n) is 11.5. The normalized spacial score (nSPS) is 14.3. The molecule has 0 aliphatic carbocycles. The summed E-state index contributed by atoms with van der Waals surface area (Å²) in [6.07, 6.45) is 5.15. The molecular weight excluding hydrogens is 419 g/mol. The quantitative estimate of drug-likeness (QED) is 0.480. The third-order valence-electron chi connectivity index (χ3n) is 6.19. The second kappa shape index (κ2) is 10.9. The molecule has 0 saturated carbocycles. The molecule has 2 heterocycles. The summed E-state index contributed by atoms with van der Waals surface area (Å²) in [5, 5.41) is 9.61. The van der Waals surface area contributed by atoms with Gasteiger partial charge in [-0.3, -0.25) is 14.7 Å². The Balaban J connectivity index is 1.21. The van der Waals surface area contributed by atoms with Crippen molar-refractivity contribution in [2.24, 2.45) is 0 Å². The number of hydrogen-bond donors (Lipinski definition) is 2. The van der Waals surface area contributed by atoms with E-state index in [-0.39, 0.29) is 23.2 Å². The molecule has 172 valence electrons. The molecule has 0 unspecified atom stereocenters. The molecular formula is C26H29FN4O2. The molecule has 1 aromatic heterocycles. The smallest absolute Gasteiger partial charge is 0.276 e. The Labute approximate surface area is 193 Å². The summed E-state index contributed by atoms with van der Waals surface area (Å²) in [6.45, 7) is 1.41. The second-order valence-corrected chi connectivity index (χ2v) is 8.49. The number of piperidine rings is 1. The Hall–Kier alpha value is -3.48. The summed E-state index contributed by atoms with van der Waals surface area (Å²) in [5.74, 6) is -0.504. The van der Waals surface area contributed by atoms with Crippen LogP contribution in [0.15, 0.2) is 60.7 Å². The van der Waals surface area contributed by atoms with Crippen molar-refractivity contribution in [3.8, 4) is 0 Å². The highest BCUT2D eigenvalue weighted by atomic mass is 19.1. The number of halogens is 1. The summed E-state index contributed by atoms with van der Waals surface area (Å²) in [7, 11) is 0. The average molecular weight is 449 g/mol. The standard InChI is InChI=1S/C26H29FN4O2/c27-21-11-5-6-12-22(21)28-26(33)24-18-23(29-30-24)20-14-16-31(17-15-20)25(32)13-7-4-10-19-8-2-1-3-9-19/h1-3,5-6,8-9,11-12,18,20H,4,7,10,13-17H2,(H,28,33)(H,29,30). The number of nitrogens with zero attached hydrogens (tertiary/aromatic N) is 2. The van der Waals surface area contributed by atoms with Crippen molar-refractivity contribution in [2.45, 2.75) is 44.4 Å². The molecule has 0 bridgehead atoms. The molecule has 7 heteroatoms. The van der Waals surface area contributed by atoms with Crippen LogP contribution in [0, 0.1) is 5.82 Å². The fraction of sp³-hybridized carbons (Fsp3) is 0.346. The van der Waals surface area contributed by atoms with E-state index in [0.29, 0.717) is 19.5 Å². The molecule has 2 aromatic carbocycles. The first kappa shape index (κ1) is 22.7. The number of aromatic amines is 1. The molecule has 3 aromatic rings. The van der Waals surface area contributed by atoms with Gasteiger partial charge in [0.2, 0.25) is 5.91 Å². The van der Waals surface area contributed by atoms with Crippen molar-refractivity contribution in [2.75, 3.05) is 18.4 Å². The number of anilines is 1. The molecule has 33 heavy (non-hydrogen) atoms. The van der Waals surface area contributed by atoms with Gasteiger partial charge < -0.3 is 10.2 Å². The number of likely N-dealkylation sites (tertiary alicyclic amines) is 1. The van der Waals surface area contributed by atoms with Gasteiger partial charge in [-0.25, -0.2) is 4.39 Å². The van der Waals surface area contributed by atoms with Crippen LogP contribution in [0.25, 0.3) is 0 Å². The van der Waals surface area contributed by atoms with E-state index in [1.54, 1.807) is 18.2 Å². The Morgan fingerprint density at radius 3 is 2.52 bits per heavy atom. The number of amides is 2. The van der Waals surface area contributed by atoms with Crippen LogP contribution in [-0.2, 0) is 11.2 Å². The molecule has 2 N–H and O–H groups in total. The number of rotatable bonds is 8. The van der Waals surface area contributed by atoms with Gasteiger partial charge in [-0.05, 0) is 55.9 Å². The lowest BCUT2D eigenvalue weighted by atomic mass is 9.93. The maximum absolute atomic E-state index is 13.8. The van der Waals surface area contributed by atoms with E-state index < -0.39 is 11.7 Å². The number of nitrogens with one attached hydrogen (secondary N) is 2. The first-order valence-corrected chi connectivity index (χ1v) is 11.5. The van der Waals surface area contributed by atoms with Gasteiger partial charge >= 0.3 is 0 Å². The maximum Gasteiger partial charge on any atom is 0.276 e. The SMILES string of the molecule is O=C(Nc1ccccc1F)c1cc(C2CCN(C(=O)CCCCc3ccccc3)CC2)[nH]n1. The first-order chi connectivity index (χ1) is 16.1. The molecule has 4 rings (SSSR count). The van der Waals surface area contributed by atoms with Gasteiger partial charge in [-0.1, -0.05) is 42.5 Å². The summed E-state index contributed by atoms with van der Waals surface area (Å²) in [4.78, 5) is 26.9. The van der Waals surface area contributed by atoms with E-state index in [9.17, 15) is 14.0 Å². The second-order valence-electron chi connectivity index (χ2n) is 8.49. The van der Waals surface area contributed by atoms with Crippen molar-refractivity contribution in [1.29, 1.82) is 0 Å². The van der Waals surface area contributed by atoms with Gasteiger partial charge in [0, 0.05) is 31.1 Å². The lowest BCUT2D eigenvalue weighted by Crippen LogP contribution is -2.37. The van der Waals surface area contributed by atoms with Crippen LogP contribution < -0.4 is 5.32 Å². The minimum atomic E-state index is -0.487. The van der Waals surface area contributed by atoms with E-state index >= 15 is 0 Å². The zero-order chi connectivity index (χ0) is 23.0. The maximum atomic E-state index is 13.8. The summed E-state index contributed by atoms with van der Waals surface area (Å²) < 4.78 is 13.8. The van der Waals surface area contributed by atoms with E-state index in [4.69, 9.17) is 0 Å². The van der Waals surface area contributed by atoms with Gasteiger partial charge in [0.25, 0.3) is 5.91 Å². The predicted octanol–water partition coefficient (Wildman–Crippen LogP) is 4.92. The van der Waals surface area contributed by atoms with Crippen LogP contribution in [0.3, 0.4) is 0 Å². The van der Waals surface area contributed by atoms with Crippen molar-refractivity contribution in [1.82, 2.24) is 15.1 Å². The minimum absolute atomic E-state index is 0.127. The Morgan fingerprint density at radius 2 is 1.76 bits per heavy atom. The highest BCUT2D eigenvalue weighted by molar-refractivity contribution is 6.03. The van der Waals surface area contributed by atoms with Crippen LogP contribution in [0.2, 0.25) is 0 Å². The molecule has 1 aliphatic heterocycles. The molecule has 0 atom stereocenters. The third-order valence-corrected chi connectivity index (χ3v) is 6.19. The molecule has 1 aliphatic rings. The highest BCUT2D eigenvalue weighted by Gasteiger charge is 2.25. The van der Waals surface area contributed by atoms with E-state index in [1.807, 2.05) is 23.1 Å². The van der Waals surface area contributed by atoms with E-state index in [1.165, 1.54) is 17.7 Å². The van der Waals surface area contributed by atoms with Crippen molar-refractivity contribution >= 4 is 17.5 Å². The van der Waals surface area contributed by atoms with Crippen LogP contribution in [0.5, 0.6) is 0 Å². The number of unbranched alkanes of at least 4 members (excludes halogenated alkanes) is 1. The number of benzene rings is 2. The highest BCUT2D eigenvalue weighted by Crippen LogP contribution is 2.28. The Bertz CT molecular complexity index is 1070. The van der Waals surface area contributed by atoms with Gasteiger partial charge in [0.05, 0.1) is 5.69 Å². The zero-order valence-electron chi connectivity index (χ0n) is 18.6. The number of carbonyl (C=O) groups excluding carboxylic acids is 2. The topological polar surface area (TPSA) is 78.1 Å². The Morgan fingerprint density at radius 1 is 1.03 bits per heavy atom. The van der Waals surface area contributed by atoms with Crippen molar-refractivity contribution < 1.29 is 14.0 Å². The minimum Gasteiger partial charge on any atom is -0.343 e. The molecule has 6 nitrogen and oxygen atoms in total. The predicted molar refractivity (Wildman–Crippen MR) is 125 cm³/mol. The van der Waals surface area contributed by atoms with E-state index in [2.05, 4.69) is 27.6 Å². The van der Waals surface area contributed by atoms with E-state index in [0.717, 1.165) is 37.8 Å². The Kier molecular flexibility index (Phi) is 7.50. The number of para-hydroxylation sites is 1. The molecule has 0 spiro atoms. The van der Waals surface area contributed by atoms with Gasteiger partial charge in [-0.15, -0.1) is 0 Å². The number of carbonyl (C=O) groups is 2. The molecule has 2 amide bonds. The summed E-state index contributed by atoms with van der Waals surface area (Å²) in [5.41, 5.74) is 2.55. The number of aryl methyl sites for hydroxylation is 1. The number of aromatic nitrogens is 2. The van der Waals surface area contributed by atoms with Crippen LogP contribution in [0.4, 0.5) is 10.1 Å². The van der Waals surface area contributed by atoms with Gasteiger partial charge in [0.15, 0.2) is 5.69 Å². The number of H-pyrrole nitrogens is 1. The summed E-state index contributed by atoms with van der Waals surface area (Å²) >= 11 is 0. The zero-order valence-corrected chi connectivity index (χ0v) is 18.6. The van der Waals surface area contributed by atoms with Crippen LogP contribution >= 0.6 is 0 Å². The number of hydrogen-bond acceptors (Lipinski definition) is 3. The fourth-order valence-corrected chi connectivity index (χ4v) is 4.26. The molecule has 0 radical (unpaired) electrons. The lowest BCUT2D eigenvalue weighted by molar-refractivity contribution is -0.132.